The summed E-state index contributed by atoms with van der Waals surface area (Å²) in [6.07, 6.45) is 0. The molecule has 2 aromatic rings. The van der Waals surface area contributed by atoms with Crippen LogP contribution in [0, 0.1) is 20.2 Å². The van der Waals surface area contributed by atoms with Gasteiger partial charge in [0, 0.05) is 6.07 Å². The van der Waals surface area contributed by atoms with Gasteiger partial charge in [0.25, 0.3) is 5.69 Å². The van der Waals surface area contributed by atoms with Gasteiger partial charge in [0.2, 0.25) is 5.75 Å². The fourth-order valence-corrected chi connectivity index (χ4v) is 2.16. The first-order valence-electron chi connectivity index (χ1n) is 5.55. The molecule has 0 atom stereocenters. The maximum atomic E-state index is 11.0. The summed E-state index contributed by atoms with van der Waals surface area (Å²) in [6.45, 7) is 0. The number of benzene rings is 2. The molecule has 22 heavy (non-hydrogen) atoms. The molecule has 2 aromatic carbocycles. The molecular formula is C12H5Cl3N2O5. The van der Waals surface area contributed by atoms with Gasteiger partial charge in [-0.1, -0.05) is 34.8 Å². The zero-order chi connectivity index (χ0) is 16.4. The van der Waals surface area contributed by atoms with E-state index in [1.54, 1.807) is 0 Å². The summed E-state index contributed by atoms with van der Waals surface area (Å²) in [5.74, 6) is -0.325. The Morgan fingerprint density at radius 2 is 1.55 bits per heavy atom. The predicted octanol–water partition coefficient (Wildman–Crippen LogP) is 5.26. The fourth-order valence-electron chi connectivity index (χ4n) is 1.56. The average molecular weight is 364 g/mol. The van der Waals surface area contributed by atoms with E-state index in [1.165, 1.54) is 12.1 Å². The smallest absolute Gasteiger partial charge is 0.318 e. The number of hydrogen-bond donors (Lipinski definition) is 0. The number of nitro groups is 2. The summed E-state index contributed by atoms with van der Waals surface area (Å²) in [5, 5.41) is 21.9. The second-order valence-electron chi connectivity index (χ2n) is 3.94. The summed E-state index contributed by atoms with van der Waals surface area (Å²) >= 11 is 17.7. The van der Waals surface area contributed by atoms with Gasteiger partial charge in [-0.2, -0.15) is 0 Å². The van der Waals surface area contributed by atoms with Crippen LogP contribution in [-0.4, -0.2) is 9.85 Å². The Bertz CT molecular complexity index is 782. The maximum absolute atomic E-state index is 11.0. The number of ether oxygens (including phenoxy) is 1. The molecule has 10 heteroatoms. The Balaban J connectivity index is 2.53. The van der Waals surface area contributed by atoms with E-state index in [0.29, 0.717) is 0 Å². The highest BCUT2D eigenvalue weighted by atomic mass is 35.5. The van der Waals surface area contributed by atoms with E-state index in [2.05, 4.69) is 0 Å². The van der Waals surface area contributed by atoms with Crippen molar-refractivity contribution in [3.8, 4) is 11.5 Å². The van der Waals surface area contributed by atoms with E-state index in [1.807, 2.05) is 0 Å². The zero-order valence-corrected chi connectivity index (χ0v) is 12.7. The van der Waals surface area contributed by atoms with Crippen molar-refractivity contribution in [2.24, 2.45) is 0 Å². The first-order valence-corrected chi connectivity index (χ1v) is 6.69. The number of halogens is 3. The lowest BCUT2D eigenvalue weighted by molar-refractivity contribution is -0.394. The monoisotopic (exact) mass is 362 g/mol. The number of nitrogens with zero attached hydrogens (tertiary/aromatic N) is 2. The predicted molar refractivity (Wildman–Crippen MR) is 81.3 cm³/mol. The Morgan fingerprint density at radius 1 is 0.909 bits per heavy atom. The maximum Gasteiger partial charge on any atom is 0.318 e. The third kappa shape index (κ3) is 3.22. The van der Waals surface area contributed by atoms with Gasteiger partial charge in [0.05, 0.1) is 26.0 Å². The van der Waals surface area contributed by atoms with Gasteiger partial charge in [0.1, 0.15) is 5.02 Å². The molecule has 2 rings (SSSR count). The minimum Gasteiger partial charge on any atom is -0.447 e. The van der Waals surface area contributed by atoms with Crippen LogP contribution in [0.2, 0.25) is 15.1 Å². The van der Waals surface area contributed by atoms with Gasteiger partial charge >= 0.3 is 5.69 Å². The standard InChI is InChI=1S/C12H5Cl3N2O5/c13-7-2-3-8(14)12(11(7)15)22-10-4-1-6(16(18)19)5-9(10)17(20)21/h1-5H. The van der Waals surface area contributed by atoms with Gasteiger partial charge in [-0.25, -0.2) is 0 Å². The van der Waals surface area contributed by atoms with Crippen molar-refractivity contribution in [3.63, 3.8) is 0 Å². The summed E-state index contributed by atoms with van der Waals surface area (Å²) in [5.41, 5.74) is -1.04. The fraction of sp³-hybridized carbons (Fsp3) is 0. The van der Waals surface area contributed by atoms with E-state index in [-0.39, 0.29) is 26.6 Å². The van der Waals surface area contributed by atoms with Crippen molar-refractivity contribution in [1.29, 1.82) is 0 Å². The summed E-state index contributed by atoms with van der Waals surface area (Å²) in [4.78, 5) is 20.2. The van der Waals surface area contributed by atoms with Gasteiger partial charge in [-0.3, -0.25) is 20.2 Å². The quantitative estimate of drug-likeness (QED) is 0.419. The van der Waals surface area contributed by atoms with Crippen molar-refractivity contribution < 1.29 is 14.6 Å². The minimum atomic E-state index is -0.811. The number of hydrogen-bond acceptors (Lipinski definition) is 5. The van der Waals surface area contributed by atoms with Crippen LogP contribution in [0.25, 0.3) is 0 Å². The normalized spacial score (nSPS) is 10.3. The number of rotatable bonds is 4. The number of nitro benzene ring substituents is 2. The third-order valence-corrected chi connectivity index (χ3v) is 3.65. The van der Waals surface area contributed by atoms with Crippen LogP contribution in [0.1, 0.15) is 0 Å². The molecule has 0 radical (unpaired) electrons. The van der Waals surface area contributed by atoms with Crippen LogP contribution in [-0.2, 0) is 0 Å². The van der Waals surface area contributed by atoms with E-state index < -0.39 is 21.2 Å². The molecule has 7 nitrogen and oxygen atoms in total. The Morgan fingerprint density at radius 3 is 2.14 bits per heavy atom. The summed E-state index contributed by atoms with van der Waals surface area (Å²) in [6, 6.07) is 5.77. The molecule has 0 aliphatic rings. The molecule has 0 saturated heterocycles. The lowest BCUT2D eigenvalue weighted by Crippen LogP contribution is -1.96. The van der Waals surface area contributed by atoms with Crippen molar-refractivity contribution in [3.05, 3.63) is 65.6 Å². The van der Waals surface area contributed by atoms with Crippen LogP contribution in [0.15, 0.2) is 30.3 Å². The lowest BCUT2D eigenvalue weighted by Gasteiger charge is -2.10. The Kier molecular flexibility index (Phi) is 4.70. The second kappa shape index (κ2) is 6.35. The van der Waals surface area contributed by atoms with Gasteiger partial charge in [-0.05, 0) is 18.2 Å². The molecular weight excluding hydrogens is 359 g/mol. The molecule has 0 bridgehead atoms. The molecule has 0 saturated carbocycles. The van der Waals surface area contributed by atoms with Crippen molar-refractivity contribution in [1.82, 2.24) is 0 Å². The topological polar surface area (TPSA) is 95.5 Å². The zero-order valence-electron chi connectivity index (χ0n) is 10.5. The molecule has 0 aliphatic carbocycles. The third-order valence-electron chi connectivity index (χ3n) is 2.56. The number of non-ortho nitro benzene ring substituents is 1. The molecule has 0 N–H and O–H groups in total. The highest BCUT2D eigenvalue weighted by Gasteiger charge is 2.23. The van der Waals surface area contributed by atoms with E-state index in [0.717, 1.165) is 18.2 Å². The largest absolute Gasteiger partial charge is 0.447 e. The van der Waals surface area contributed by atoms with Gasteiger partial charge in [-0.15, -0.1) is 0 Å². The molecule has 0 spiro atoms. The SMILES string of the molecule is O=[N+]([O-])c1ccc(Oc2c(Cl)ccc(Cl)c2Cl)c([N+](=O)[O-])c1. The summed E-state index contributed by atoms with van der Waals surface area (Å²) < 4.78 is 5.34. The molecule has 0 heterocycles. The van der Waals surface area contributed by atoms with Gasteiger partial charge in [0.15, 0.2) is 5.75 Å². The van der Waals surface area contributed by atoms with Crippen LogP contribution in [0.3, 0.4) is 0 Å². The first-order chi connectivity index (χ1) is 10.3. The van der Waals surface area contributed by atoms with Crippen molar-refractivity contribution in [2.75, 3.05) is 0 Å². The second-order valence-corrected chi connectivity index (χ2v) is 5.13. The first kappa shape index (κ1) is 16.3. The average Bonchev–Trinajstić information content (AvgIpc) is 2.47. The summed E-state index contributed by atoms with van der Waals surface area (Å²) in [7, 11) is 0. The van der Waals surface area contributed by atoms with Crippen LogP contribution in [0.5, 0.6) is 11.5 Å². The lowest BCUT2D eigenvalue weighted by atomic mass is 10.2. The van der Waals surface area contributed by atoms with E-state index in [4.69, 9.17) is 39.5 Å². The highest BCUT2D eigenvalue weighted by Crippen LogP contribution is 2.43. The van der Waals surface area contributed by atoms with Crippen LogP contribution in [0.4, 0.5) is 11.4 Å². The highest BCUT2D eigenvalue weighted by molar-refractivity contribution is 6.44. The van der Waals surface area contributed by atoms with Gasteiger partial charge < -0.3 is 4.74 Å². The van der Waals surface area contributed by atoms with Crippen LogP contribution >= 0.6 is 34.8 Å². The Hall–Kier alpha value is -2.09. The molecule has 0 unspecified atom stereocenters. The molecule has 0 aromatic heterocycles. The molecule has 0 aliphatic heterocycles. The molecule has 0 amide bonds. The van der Waals surface area contributed by atoms with Crippen LogP contribution < -0.4 is 4.74 Å². The van der Waals surface area contributed by atoms with E-state index in [9.17, 15) is 20.2 Å². The Labute approximate surface area is 138 Å². The van der Waals surface area contributed by atoms with Crippen molar-refractivity contribution in [2.45, 2.75) is 0 Å². The van der Waals surface area contributed by atoms with Crippen molar-refractivity contribution >= 4 is 46.2 Å². The molecule has 114 valence electrons. The van der Waals surface area contributed by atoms with E-state index >= 15 is 0 Å². The molecule has 0 fully saturated rings. The minimum absolute atomic E-state index is 0.0261.